The third-order valence-corrected chi connectivity index (χ3v) is 4.02. The Morgan fingerprint density at radius 1 is 1.45 bits per heavy atom. The van der Waals surface area contributed by atoms with E-state index in [4.69, 9.17) is 10.3 Å². The molecule has 3 rings (SSSR count). The van der Waals surface area contributed by atoms with E-state index in [2.05, 4.69) is 4.28 Å². The van der Waals surface area contributed by atoms with Gasteiger partial charge in [0.15, 0.2) is 0 Å². The van der Waals surface area contributed by atoms with Gasteiger partial charge in [0.05, 0.1) is 6.54 Å². The second kappa shape index (κ2) is 4.17. The molecular weight excluding hydrogens is 290 g/mol. The number of carbonyl (C=O) groups excluding carboxylic acids is 2. The molecule has 0 aromatic carbocycles. The zero-order valence-electron chi connectivity index (χ0n) is 10.3. The molecule has 0 aromatic heterocycles. The van der Waals surface area contributed by atoms with Gasteiger partial charge in [-0.2, -0.15) is 13.5 Å². The first kappa shape index (κ1) is 13.3. The van der Waals surface area contributed by atoms with Gasteiger partial charge in [-0.1, -0.05) is 6.08 Å². The molecule has 1 aliphatic carbocycles. The zero-order valence-corrected chi connectivity index (χ0v) is 11.1. The van der Waals surface area contributed by atoms with Crippen LogP contribution in [0.2, 0.25) is 0 Å². The standard InChI is InChI=1S/C10H13N3O6S/c11-9(14)7-3-6(5-1-2-5)8-4-12(7)10(15)13(8)19-20(16,17)18/h3,5,7-8H,1-2,4H2,(H2,11,14)(H,16,17,18)/t7-,8+/m0/s1. The van der Waals surface area contributed by atoms with Crippen LogP contribution in [0.4, 0.5) is 4.79 Å². The van der Waals surface area contributed by atoms with E-state index < -0.39 is 34.4 Å². The molecular formula is C10H13N3O6S. The van der Waals surface area contributed by atoms with E-state index in [0.29, 0.717) is 5.06 Å². The second-order valence-electron chi connectivity index (χ2n) is 5.07. The summed E-state index contributed by atoms with van der Waals surface area (Å²) in [5.74, 6) is -0.494. The summed E-state index contributed by atoms with van der Waals surface area (Å²) in [5.41, 5.74) is 6.03. The number of hydrogen-bond donors (Lipinski definition) is 2. The Hall–Kier alpha value is -1.65. The summed E-state index contributed by atoms with van der Waals surface area (Å²) < 4.78 is 34.8. The largest absolute Gasteiger partial charge is 0.418 e. The fraction of sp³-hybridized carbons (Fsp3) is 0.600. The van der Waals surface area contributed by atoms with Crippen LogP contribution < -0.4 is 5.73 Å². The Morgan fingerprint density at radius 3 is 2.60 bits per heavy atom. The summed E-state index contributed by atoms with van der Waals surface area (Å²) in [5, 5.41) is 0.600. The summed E-state index contributed by atoms with van der Waals surface area (Å²) in [6.45, 7) is 0.115. The van der Waals surface area contributed by atoms with Gasteiger partial charge in [0.25, 0.3) is 0 Å². The lowest BCUT2D eigenvalue weighted by Crippen LogP contribution is -2.46. The second-order valence-corrected chi connectivity index (χ2v) is 6.07. The molecule has 0 spiro atoms. The summed E-state index contributed by atoms with van der Waals surface area (Å²) in [6.07, 6.45) is 3.41. The van der Waals surface area contributed by atoms with Crippen molar-refractivity contribution < 1.29 is 26.8 Å². The molecule has 1 saturated carbocycles. The molecule has 0 aromatic rings. The van der Waals surface area contributed by atoms with Crippen LogP contribution in [-0.2, 0) is 19.5 Å². The topological polar surface area (TPSA) is 130 Å². The van der Waals surface area contributed by atoms with Gasteiger partial charge in [-0.3, -0.25) is 9.35 Å². The number of rotatable bonds is 4. The predicted octanol–water partition coefficient (Wildman–Crippen LogP) is -0.969. The van der Waals surface area contributed by atoms with Gasteiger partial charge in [-0.05, 0) is 24.3 Å². The molecule has 2 bridgehead atoms. The molecule has 2 aliphatic heterocycles. The van der Waals surface area contributed by atoms with Gasteiger partial charge >= 0.3 is 16.4 Å². The maximum Gasteiger partial charge on any atom is 0.418 e. The maximum absolute atomic E-state index is 12.1. The highest BCUT2D eigenvalue weighted by atomic mass is 32.3. The predicted molar refractivity (Wildman–Crippen MR) is 64.2 cm³/mol. The maximum atomic E-state index is 12.1. The molecule has 2 heterocycles. The summed E-state index contributed by atoms with van der Waals surface area (Å²) in [4.78, 5) is 24.6. The normalized spacial score (nSPS) is 29.6. The average Bonchev–Trinajstić information content (AvgIpc) is 3.13. The summed E-state index contributed by atoms with van der Waals surface area (Å²) in [7, 11) is -4.81. The van der Waals surface area contributed by atoms with Gasteiger partial charge in [-0.15, -0.1) is 4.28 Å². The van der Waals surface area contributed by atoms with Crippen LogP contribution >= 0.6 is 0 Å². The van der Waals surface area contributed by atoms with Crippen LogP contribution in [0.25, 0.3) is 0 Å². The molecule has 0 unspecified atom stereocenters. The molecule has 3 aliphatic rings. The van der Waals surface area contributed by atoms with Crippen molar-refractivity contribution in [1.29, 1.82) is 0 Å². The zero-order chi connectivity index (χ0) is 14.7. The first-order chi connectivity index (χ1) is 9.28. The summed E-state index contributed by atoms with van der Waals surface area (Å²) in [6, 6.07) is -2.33. The Kier molecular flexibility index (Phi) is 2.78. The van der Waals surface area contributed by atoms with Crippen molar-refractivity contribution in [3.63, 3.8) is 0 Å². The smallest absolute Gasteiger partial charge is 0.368 e. The van der Waals surface area contributed by atoms with Gasteiger partial charge in [-0.25, -0.2) is 4.79 Å². The fourth-order valence-corrected chi connectivity index (χ4v) is 3.07. The van der Waals surface area contributed by atoms with E-state index in [-0.39, 0.29) is 12.5 Å². The lowest BCUT2D eigenvalue weighted by atomic mass is 9.96. The molecule has 9 nitrogen and oxygen atoms in total. The summed E-state index contributed by atoms with van der Waals surface area (Å²) >= 11 is 0. The van der Waals surface area contributed by atoms with Gasteiger partial charge in [0.2, 0.25) is 5.91 Å². The number of nitrogens with zero attached hydrogens (tertiary/aromatic N) is 2. The number of urea groups is 1. The molecule has 10 heteroatoms. The minimum atomic E-state index is -4.81. The molecule has 1 saturated heterocycles. The number of amides is 3. The van der Waals surface area contributed by atoms with Crippen LogP contribution in [0.15, 0.2) is 11.6 Å². The van der Waals surface area contributed by atoms with E-state index in [0.717, 1.165) is 23.3 Å². The highest BCUT2D eigenvalue weighted by molar-refractivity contribution is 7.80. The highest BCUT2D eigenvalue weighted by Crippen LogP contribution is 2.44. The van der Waals surface area contributed by atoms with E-state index in [1.165, 1.54) is 0 Å². The first-order valence-corrected chi connectivity index (χ1v) is 7.42. The number of primary amides is 1. The molecule has 2 fully saturated rings. The van der Waals surface area contributed by atoms with Crippen molar-refractivity contribution in [2.24, 2.45) is 11.7 Å². The van der Waals surface area contributed by atoms with E-state index >= 15 is 0 Å². The highest BCUT2D eigenvalue weighted by Gasteiger charge is 2.52. The molecule has 110 valence electrons. The van der Waals surface area contributed by atoms with Crippen LogP contribution in [0.3, 0.4) is 0 Å². The monoisotopic (exact) mass is 303 g/mol. The SMILES string of the molecule is NC(=O)[C@@H]1C=C(C2CC2)[C@H]2CN1C(=O)N2OS(=O)(=O)O. The Morgan fingerprint density at radius 2 is 2.10 bits per heavy atom. The van der Waals surface area contributed by atoms with Gasteiger partial charge in [0.1, 0.15) is 12.1 Å². The van der Waals surface area contributed by atoms with Gasteiger partial charge in [0, 0.05) is 0 Å². The van der Waals surface area contributed by atoms with Crippen molar-refractivity contribution in [2.45, 2.75) is 24.9 Å². The average molecular weight is 303 g/mol. The molecule has 0 radical (unpaired) electrons. The quantitative estimate of drug-likeness (QED) is 0.507. The number of hydroxylamine groups is 2. The van der Waals surface area contributed by atoms with Crippen LogP contribution in [-0.4, -0.2) is 53.5 Å². The number of carbonyl (C=O) groups is 2. The van der Waals surface area contributed by atoms with Crippen LogP contribution in [0.1, 0.15) is 12.8 Å². The van der Waals surface area contributed by atoms with E-state index in [1.54, 1.807) is 6.08 Å². The Labute approximate surface area is 114 Å². The Balaban J connectivity index is 1.97. The molecule has 20 heavy (non-hydrogen) atoms. The van der Waals surface area contributed by atoms with Gasteiger partial charge < -0.3 is 10.6 Å². The van der Waals surface area contributed by atoms with Crippen molar-refractivity contribution in [3.05, 3.63) is 11.6 Å². The minimum absolute atomic E-state index is 0.115. The van der Waals surface area contributed by atoms with Crippen LogP contribution in [0, 0.1) is 5.92 Å². The van der Waals surface area contributed by atoms with Crippen molar-refractivity contribution in [3.8, 4) is 0 Å². The van der Waals surface area contributed by atoms with E-state index in [1.807, 2.05) is 0 Å². The molecule has 3 N–H and O–H groups in total. The van der Waals surface area contributed by atoms with Crippen molar-refractivity contribution in [1.82, 2.24) is 9.96 Å². The number of nitrogens with two attached hydrogens (primary N) is 1. The number of fused-ring (bicyclic) bond motifs is 2. The third-order valence-electron chi connectivity index (χ3n) is 3.67. The lowest BCUT2D eigenvalue weighted by molar-refractivity contribution is -0.120. The minimum Gasteiger partial charge on any atom is -0.368 e. The number of hydrogen-bond acceptors (Lipinski definition) is 5. The van der Waals surface area contributed by atoms with Crippen LogP contribution in [0.5, 0.6) is 0 Å². The first-order valence-electron chi connectivity index (χ1n) is 6.05. The third kappa shape index (κ3) is 2.15. The Bertz CT molecular complexity index is 610. The lowest BCUT2D eigenvalue weighted by Gasteiger charge is -2.27. The fourth-order valence-electron chi connectivity index (χ4n) is 2.70. The van der Waals surface area contributed by atoms with E-state index in [9.17, 15) is 18.0 Å². The van der Waals surface area contributed by atoms with Crippen molar-refractivity contribution in [2.75, 3.05) is 6.54 Å². The molecule has 3 amide bonds. The molecule has 2 atom stereocenters. The van der Waals surface area contributed by atoms with Crippen molar-refractivity contribution >= 4 is 22.3 Å².